The molecule has 0 aromatic carbocycles. The summed E-state index contributed by atoms with van der Waals surface area (Å²) < 4.78 is 147. The van der Waals surface area contributed by atoms with Crippen LogP contribution in [0.1, 0.15) is 20.3 Å². The van der Waals surface area contributed by atoms with Crippen LogP contribution in [0.3, 0.4) is 0 Å². The Hall–Kier alpha value is -1.30. The Kier molecular flexibility index (Phi) is 9.52. The van der Waals surface area contributed by atoms with E-state index in [0.717, 1.165) is 4.48 Å². The summed E-state index contributed by atoms with van der Waals surface area (Å²) in [5.41, 5.74) is -13.8. The first-order valence-corrected chi connectivity index (χ1v) is 10.1. The Balaban J connectivity index is 0. The number of nitrogens with zero attached hydrogens (tertiary/aromatic N) is 2. The monoisotopic (exact) mass is 493 g/mol. The summed E-state index contributed by atoms with van der Waals surface area (Å²) in [6.45, 7) is 7.01. The molecular formula is C11H18F9N2O5S2+. The van der Waals surface area contributed by atoms with Crippen molar-refractivity contribution in [1.29, 1.82) is 0 Å². The van der Waals surface area contributed by atoms with Crippen molar-refractivity contribution in [3.63, 3.8) is 0 Å². The minimum absolute atomic E-state index is 1.16. The van der Waals surface area contributed by atoms with Gasteiger partial charge in [0.1, 0.15) is 0 Å². The van der Waals surface area contributed by atoms with Gasteiger partial charge in [-0.3, -0.25) is 4.79 Å². The molecule has 0 aromatic rings. The minimum atomic E-state index is -7.81. The van der Waals surface area contributed by atoms with Crippen LogP contribution >= 0.6 is 0 Å². The van der Waals surface area contributed by atoms with Gasteiger partial charge in [-0.2, -0.15) is 56.3 Å². The second-order valence-corrected chi connectivity index (χ2v) is 9.66. The van der Waals surface area contributed by atoms with Gasteiger partial charge in [-0.05, 0) is 13.3 Å². The number of hydrogen-bond donors (Lipinski definition) is 0. The molecule has 0 aliphatic heterocycles. The van der Waals surface area contributed by atoms with Crippen molar-refractivity contribution >= 4 is 26.0 Å². The molecule has 176 valence electrons. The highest BCUT2D eigenvalue weighted by Gasteiger charge is 2.67. The average molecular weight is 493 g/mol. The molecule has 0 N–H and O–H groups in total. The molecule has 0 fully saturated rings. The van der Waals surface area contributed by atoms with Gasteiger partial charge in [-0.15, -0.1) is 3.71 Å². The lowest BCUT2D eigenvalue weighted by Gasteiger charge is -2.27. The summed E-state index contributed by atoms with van der Waals surface area (Å²) in [6.07, 6.45) is -5.35. The van der Waals surface area contributed by atoms with Crippen LogP contribution in [0.4, 0.5) is 39.5 Å². The zero-order valence-electron chi connectivity index (χ0n) is 15.3. The number of quaternary nitrogens is 1. The largest absolute Gasteiger partial charge is 0.517 e. The first-order valence-electron chi connectivity index (χ1n) is 7.26. The number of hydrogen-bond acceptors (Lipinski definition) is 5. The highest BCUT2D eigenvalue weighted by Crippen LogP contribution is 2.37. The number of carbonyl (C=O) groups excluding carboxylic acids is 1. The zero-order valence-corrected chi connectivity index (χ0v) is 16.9. The Labute approximate surface area is 160 Å². The third-order valence-electron chi connectivity index (χ3n) is 3.11. The van der Waals surface area contributed by atoms with E-state index in [9.17, 15) is 61.1 Å². The summed E-state index contributed by atoms with van der Waals surface area (Å²) in [5.74, 6) is -4.39. The van der Waals surface area contributed by atoms with Crippen molar-refractivity contribution < 1.29 is 65.6 Å². The molecule has 0 atom stereocenters. The smallest absolute Gasteiger partial charge is 0.329 e. The lowest BCUT2D eigenvalue weighted by atomic mass is 10.4. The SMILES string of the molecule is CCC[N+](C)(C)CC.O=C(N(S(=O)(=O)C(F)(F)F)S(=O)(=O)C(F)(F)F)C(F)(F)F. The maximum atomic E-state index is 12.0. The number of alkyl halides is 9. The topological polar surface area (TPSA) is 88.6 Å². The quantitative estimate of drug-likeness (QED) is 0.434. The van der Waals surface area contributed by atoms with Crippen LogP contribution in [-0.4, -0.2) is 75.3 Å². The van der Waals surface area contributed by atoms with E-state index < -0.39 is 46.9 Å². The van der Waals surface area contributed by atoms with Gasteiger partial charge >= 0.3 is 43.1 Å². The second-order valence-electron chi connectivity index (χ2n) is 5.88. The van der Waals surface area contributed by atoms with Gasteiger partial charge in [0.25, 0.3) is 0 Å². The maximum Gasteiger partial charge on any atom is 0.517 e. The molecule has 1 amide bonds. The first kappa shape index (κ1) is 29.9. The van der Waals surface area contributed by atoms with Gasteiger partial charge in [0.05, 0.1) is 27.2 Å². The molecule has 29 heavy (non-hydrogen) atoms. The Morgan fingerprint density at radius 1 is 0.793 bits per heavy atom. The van der Waals surface area contributed by atoms with E-state index in [2.05, 4.69) is 27.9 Å². The van der Waals surface area contributed by atoms with E-state index in [0.29, 0.717) is 0 Å². The molecule has 0 spiro atoms. The lowest BCUT2D eigenvalue weighted by molar-refractivity contribution is -0.888. The van der Waals surface area contributed by atoms with E-state index in [1.807, 2.05) is 0 Å². The minimum Gasteiger partial charge on any atom is -0.329 e. The van der Waals surface area contributed by atoms with Crippen molar-refractivity contribution in [2.24, 2.45) is 0 Å². The molecule has 7 nitrogen and oxygen atoms in total. The summed E-state index contributed by atoms with van der Waals surface area (Å²) in [7, 11) is -11.1. The van der Waals surface area contributed by atoms with Gasteiger partial charge in [0.15, 0.2) is 0 Å². The average Bonchev–Trinajstić information content (AvgIpc) is 2.44. The van der Waals surface area contributed by atoms with Crippen molar-refractivity contribution in [2.45, 2.75) is 37.5 Å². The molecule has 0 unspecified atom stereocenters. The number of carbonyl (C=O) groups is 1. The number of halogens is 9. The molecule has 0 bridgehead atoms. The third kappa shape index (κ3) is 7.80. The van der Waals surface area contributed by atoms with Gasteiger partial charge in [0.2, 0.25) is 0 Å². The third-order valence-corrected chi connectivity index (χ3v) is 6.67. The Morgan fingerprint density at radius 2 is 1.10 bits per heavy atom. The van der Waals surface area contributed by atoms with Crippen LogP contribution < -0.4 is 0 Å². The summed E-state index contributed by atoms with van der Waals surface area (Å²) in [5, 5.41) is 0. The molecule has 0 saturated heterocycles. The van der Waals surface area contributed by atoms with Crippen LogP contribution in [0.25, 0.3) is 0 Å². The Bertz CT molecular complexity index is 724. The number of amides is 1. The van der Waals surface area contributed by atoms with Crippen molar-refractivity contribution in [3.8, 4) is 0 Å². The lowest BCUT2D eigenvalue weighted by Crippen LogP contribution is -2.55. The molecule has 0 heterocycles. The van der Waals surface area contributed by atoms with Crippen LogP contribution in [0.5, 0.6) is 0 Å². The highest BCUT2D eigenvalue weighted by molar-refractivity contribution is 8.05. The standard InChI is InChI=1S/C7H18N.C4F9NO5S2/c1-5-7-8(3,4)6-2;5-2(6,7)1(15)14(20(16,17)3(8,9)10)21(18,19)4(11,12)13/h5-7H2,1-4H3;/q+1;. The highest BCUT2D eigenvalue weighted by atomic mass is 32.3. The van der Waals surface area contributed by atoms with Crippen molar-refractivity contribution in [1.82, 2.24) is 3.71 Å². The molecule has 0 aromatic heterocycles. The molecule has 0 radical (unpaired) electrons. The molecule has 0 saturated carbocycles. The van der Waals surface area contributed by atoms with Crippen molar-refractivity contribution in [2.75, 3.05) is 27.2 Å². The Morgan fingerprint density at radius 3 is 1.24 bits per heavy atom. The fourth-order valence-corrected chi connectivity index (χ4v) is 3.96. The van der Waals surface area contributed by atoms with Crippen LogP contribution in [0.2, 0.25) is 0 Å². The van der Waals surface area contributed by atoms with Gasteiger partial charge in [0, 0.05) is 0 Å². The predicted octanol–water partition coefficient (Wildman–Crippen LogP) is 2.57. The summed E-state index contributed by atoms with van der Waals surface area (Å²) in [4.78, 5) is 10.4. The second kappa shape index (κ2) is 9.23. The van der Waals surface area contributed by atoms with E-state index in [-0.39, 0.29) is 0 Å². The maximum absolute atomic E-state index is 12.0. The first-order chi connectivity index (χ1) is 12.4. The van der Waals surface area contributed by atoms with Gasteiger partial charge < -0.3 is 4.48 Å². The fourth-order valence-electron chi connectivity index (χ4n) is 1.40. The van der Waals surface area contributed by atoms with Gasteiger partial charge in [-0.25, -0.2) is 0 Å². The van der Waals surface area contributed by atoms with Crippen molar-refractivity contribution in [3.05, 3.63) is 0 Å². The number of sulfonamides is 2. The zero-order chi connectivity index (χ0) is 24.3. The molecule has 18 heteroatoms. The number of rotatable bonds is 5. The fraction of sp³-hybridized carbons (Fsp3) is 0.909. The summed E-state index contributed by atoms with van der Waals surface area (Å²) in [6, 6.07) is 0. The van der Waals surface area contributed by atoms with E-state index in [1.54, 1.807) is 0 Å². The van der Waals surface area contributed by atoms with E-state index in [4.69, 9.17) is 0 Å². The molecule has 0 aliphatic rings. The summed E-state index contributed by atoms with van der Waals surface area (Å²) >= 11 is 0. The van der Waals surface area contributed by atoms with E-state index in [1.165, 1.54) is 19.5 Å². The normalized spacial score (nSPS) is 14.1. The van der Waals surface area contributed by atoms with Crippen LogP contribution in [0.15, 0.2) is 0 Å². The van der Waals surface area contributed by atoms with Gasteiger partial charge in [-0.1, -0.05) is 6.92 Å². The van der Waals surface area contributed by atoms with E-state index >= 15 is 0 Å². The molecule has 0 rings (SSSR count). The van der Waals surface area contributed by atoms with Crippen LogP contribution in [-0.2, 0) is 24.8 Å². The molecule has 0 aliphatic carbocycles. The predicted molar refractivity (Wildman–Crippen MR) is 80.7 cm³/mol. The van der Waals surface area contributed by atoms with Crippen LogP contribution in [0, 0.1) is 0 Å². The molecular weight excluding hydrogens is 475 g/mol.